The van der Waals surface area contributed by atoms with E-state index in [1.165, 1.54) is 0 Å². The third-order valence-corrected chi connectivity index (χ3v) is 1.81. The van der Waals surface area contributed by atoms with Gasteiger partial charge in [-0.1, -0.05) is 38.0 Å². The van der Waals surface area contributed by atoms with E-state index in [-0.39, 0.29) is 0 Å². The maximum Gasteiger partial charge on any atom is 0.140 e. The zero-order valence-corrected chi connectivity index (χ0v) is 10.5. The van der Waals surface area contributed by atoms with Crippen molar-refractivity contribution in [2.45, 2.75) is 6.92 Å². The highest BCUT2D eigenvalue weighted by Gasteiger charge is 2.01. The molecule has 15 heavy (non-hydrogen) atoms. The van der Waals surface area contributed by atoms with Crippen LogP contribution in [0.4, 0.5) is 0 Å². The van der Waals surface area contributed by atoms with Gasteiger partial charge in [-0.05, 0) is 41.1 Å². The normalized spacial score (nSPS) is 12.7. The molecule has 0 aliphatic heterocycles. The molecule has 0 saturated heterocycles. The van der Waals surface area contributed by atoms with Crippen LogP contribution in [0.15, 0.2) is 72.2 Å². The summed E-state index contributed by atoms with van der Waals surface area (Å²) in [5.74, 6) is 1.27. The lowest BCUT2D eigenvalue weighted by molar-refractivity contribution is 0.335. The van der Waals surface area contributed by atoms with E-state index in [0.717, 1.165) is 0 Å². The molecule has 0 aliphatic carbocycles. The van der Waals surface area contributed by atoms with Crippen molar-refractivity contribution in [3.05, 3.63) is 72.2 Å². The van der Waals surface area contributed by atoms with Crippen LogP contribution < -0.4 is 0 Å². The van der Waals surface area contributed by atoms with E-state index in [4.69, 9.17) is 4.74 Å². The highest BCUT2D eigenvalue weighted by Crippen LogP contribution is 2.19. The minimum Gasteiger partial charge on any atom is -0.456 e. The van der Waals surface area contributed by atoms with Crippen LogP contribution in [0.3, 0.4) is 0 Å². The Kier molecular flexibility index (Phi) is 7.38. The standard InChI is InChI=1S/C13H15BrO/c1-5-8-10-12(7-3)15-13(9-6-2)11(4)14/h5-10H,2-4H2,1H3/b8-5-,12-10+,13-9+. The van der Waals surface area contributed by atoms with Gasteiger partial charge in [-0.3, -0.25) is 0 Å². The molecule has 0 aromatic rings. The highest BCUT2D eigenvalue weighted by atomic mass is 79.9. The van der Waals surface area contributed by atoms with Crippen molar-refractivity contribution < 1.29 is 4.74 Å². The fraction of sp³-hybridized carbons (Fsp3) is 0.0769. The van der Waals surface area contributed by atoms with Crippen molar-refractivity contribution in [2.75, 3.05) is 0 Å². The first-order valence-corrected chi connectivity index (χ1v) is 5.25. The summed E-state index contributed by atoms with van der Waals surface area (Å²) in [6.45, 7) is 12.9. The van der Waals surface area contributed by atoms with Gasteiger partial charge in [0.05, 0.1) is 4.48 Å². The first-order valence-electron chi connectivity index (χ1n) is 4.46. The van der Waals surface area contributed by atoms with E-state index in [9.17, 15) is 0 Å². The maximum absolute atomic E-state index is 5.54. The third-order valence-electron chi connectivity index (χ3n) is 1.42. The lowest BCUT2D eigenvalue weighted by Crippen LogP contribution is -1.90. The Bertz CT molecular complexity index is 332. The summed E-state index contributed by atoms with van der Waals surface area (Å²) in [6.07, 6.45) is 10.6. The molecule has 0 bridgehead atoms. The molecule has 0 atom stereocenters. The van der Waals surface area contributed by atoms with Crippen molar-refractivity contribution in [1.82, 2.24) is 0 Å². The fourth-order valence-electron chi connectivity index (χ4n) is 0.749. The summed E-state index contributed by atoms with van der Waals surface area (Å²) in [5, 5.41) is 0. The van der Waals surface area contributed by atoms with E-state index >= 15 is 0 Å². The van der Waals surface area contributed by atoms with E-state index in [0.29, 0.717) is 16.0 Å². The first-order chi connectivity index (χ1) is 7.15. The van der Waals surface area contributed by atoms with Crippen LogP contribution in [0.5, 0.6) is 0 Å². The predicted octanol–water partition coefficient (Wildman–Crippen LogP) is 4.63. The summed E-state index contributed by atoms with van der Waals surface area (Å²) in [6, 6.07) is 0. The zero-order valence-electron chi connectivity index (χ0n) is 8.87. The molecule has 0 N–H and O–H groups in total. The number of rotatable bonds is 6. The van der Waals surface area contributed by atoms with E-state index in [1.54, 1.807) is 18.2 Å². The average molecular weight is 267 g/mol. The molecule has 0 unspecified atom stereocenters. The van der Waals surface area contributed by atoms with Crippen LogP contribution in [0.25, 0.3) is 0 Å². The van der Waals surface area contributed by atoms with E-state index < -0.39 is 0 Å². The predicted molar refractivity (Wildman–Crippen MR) is 70.5 cm³/mol. The number of allylic oxidation sites excluding steroid dienone is 7. The van der Waals surface area contributed by atoms with Gasteiger partial charge in [0.15, 0.2) is 0 Å². The van der Waals surface area contributed by atoms with Crippen molar-refractivity contribution in [3.63, 3.8) is 0 Å². The van der Waals surface area contributed by atoms with Crippen LogP contribution in [0.2, 0.25) is 0 Å². The number of hydrogen-bond acceptors (Lipinski definition) is 1. The Hall–Kier alpha value is -1.28. The third kappa shape index (κ3) is 5.92. The van der Waals surface area contributed by atoms with Gasteiger partial charge in [0.1, 0.15) is 11.5 Å². The molecule has 0 saturated carbocycles. The number of halogens is 1. The molecule has 80 valence electrons. The molecule has 0 aromatic heterocycles. The number of hydrogen-bond donors (Lipinski definition) is 0. The molecule has 0 amide bonds. The van der Waals surface area contributed by atoms with Gasteiger partial charge >= 0.3 is 0 Å². The fourth-order valence-corrected chi connectivity index (χ4v) is 0.962. The minimum absolute atomic E-state index is 0.612. The summed E-state index contributed by atoms with van der Waals surface area (Å²) in [7, 11) is 0. The summed E-state index contributed by atoms with van der Waals surface area (Å²) in [5.41, 5.74) is 0. The lowest BCUT2D eigenvalue weighted by atomic mass is 10.3. The van der Waals surface area contributed by atoms with Gasteiger partial charge in [0.2, 0.25) is 0 Å². The molecule has 0 radical (unpaired) electrons. The van der Waals surface area contributed by atoms with Crippen molar-refractivity contribution in [2.24, 2.45) is 0 Å². The van der Waals surface area contributed by atoms with Gasteiger partial charge in [-0.15, -0.1) is 0 Å². The van der Waals surface area contributed by atoms with Gasteiger partial charge in [0, 0.05) is 0 Å². The molecule has 0 aromatic carbocycles. The smallest absolute Gasteiger partial charge is 0.140 e. The number of ether oxygens (including phenoxy) is 1. The minimum atomic E-state index is 0.612. The first kappa shape index (κ1) is 13.7. The van der Waals surface area contributed by atoms with Crippen molar-refractivity contribution in [3.8, 4) is 0 Å². The molecule has 2 heteroatoms. The Labute approximate surface area is 100.0 Å². The molecule has 0 fully saturated rings. The molecule has 0 aliphatic rings. The quantitative estimate of drug-likeness (QED) is 0.503. The monoisotopic (exact) mass is 266 g/mol. The van der Waals surface area contributed by atoms with Crippen LogP contribution in [-0.2, 0) is 4.74 Å². The SMILES string of the molecule is C=C/C=C(/O/C(C=C)=C/C=C\C)C(=C)Br. The summed E-state index contributed by atoms with van der Waals surface area (Å²) < 4.78 is 6.20. The molecule has 0 spiro atoms. The van der Waals surface area contributed by atoms with E-state index in [2.05, 4.69) is 35.7 Å². The summed E-state index contributed by atoms with van der Waals surface area (Å²) >= 11 is 3.25. The Morgan fingerprint density at radius 1 is 1.27 bits per heavy atom. The van der Waals surface area contributed by atoms with Crippen LogP contribution in [0, 0.1) is 0 Å². The second-order valence-electron chi connectivity index (χ2n) is 2.57. The summed E-state index contributed by atoms with van der Waals surface area (Å²) in [4.78, 5) is 0. The Morgan fingerprint density at radius 3 is 2.33 bits per heavy atom. The van der Waals surface area contributed by atoms with Crippen LogP contribution >= 0.6 is 15.9 Å². The lowest BCUT2D eigenvalue weighted by Gasteiger charge is -2.08. The topological polar surface area (TPSA) is 9.23 Å². The van der Waals surface area contributed by atoms with Gasteiger partial charge < -0.3 is 4.74 Å². The van der Waals surface area contributed by atoms with Crippen molar-refractivity contribution >= 4 is 15.9 Å². The van der Waals surface area contributed by atoms with Crippen molar-refractivity contribution in [1.29, 1.82) is 0 Å². The second-order valence-corrected chi connectivity index (χ2v) is 3.53. The van der Waals surface area contributed by atoms with Crippen LogP contribution in [-0.4, -0.2) is 0 Å². The zero-order chi connectivity index (χ0) is 11.7. The molecule has 1 nitrogen and oxygen atoms in total. The van der Waals surface area contributed by atoms with Gasteiger partial charge in [-0.2, -0.15) is 0 Å². The van der Waals surface area contributed by atoms with E-state index in [1.807, 2.05) is 25.2 Å². The largest absolute Gasteiger partial charge is 0.456 e. The highest BCUT2D eigenvalue weighted by molar-refractivity contribution is 9.11. The van der Waals surface area contributed by atoms with Crippen LogP contribution in [0.1, 0.15) is 6.92 Å². The molecule has 0 heterocycles. The average Bonchev–Trinajstić information content (AvgIpc) is 2.22. The maximum atomic E-state index is 5.54. The Morgan fingerprint density at radius 2 is 1.93 bits per heavy atom. The Balaban J connectivity index is 4.78. The molecular formula is C13H15BrO. The van der Waals surface area contributed by atoms with Gasteiger partial charge in [0.25, 0.3) is 0 Å². The molecular weight excluding hydrogens is 252 g/mol. The molecule has 0 rings (SSSR count). The van der Waals surface area contributed by atoms with Gasteiger partial charge in [-0.25, -0.2) is 0 Å². The second kappa shape index (κ2) is 8.06.